The number of hydrogen-bond donors (Lipinski definition) is 2. The summed E-state index contributed by atoms with van der Waals surface area (Å²) < 4.78 is 1.87. The maximum Gasteiger partial charge on any atom is 0.186 e. The summed E-state index contributed by atoms with van der Waals surface area (Å²) in [6.45, 7) is 0.582. The number of nitrogens with zero attached hydrogens (tertiary/aromatic N) is 2. The third kappa shape index (κ3) is 2.42. The molecule has 88 valence electrons. The van der Waals surface area contributed by atoms with Crippen LogP contribution in [0.1, 0.15) is 11.3 Å². The van der Waals surface area contributed by atoms with Gasteiger partial charge in [-0.05, 0) is 23.8 Å². The van der Waals surface area contributed by atoms with E-state index in [9.17, 15) is 0 Å². The van der Waals surface area contributed by atoms with Crippen molar-refractivity contribution in [3.8, 4) is 0 Å². The van der Waals surface area contributed by atoms with Crippen LogP contribution in [0.2, 0.25) is 5.02 Å². The first-order valence-corrected chi connectivity index (χ1v) is 5.46. The molecule has 1 aromatic heterocycles. The van der Waals surface area contributed by atoms with Crippen LogP contribution in [0.25, 0.3) is 0 Å². The Bertz CT molecular complexity index is 548. The molecule has 0 aliphatic rings. The summed E-state index contributed by atoms with van der Waals surface area (Å²) in [4.78, 5) is 0. The van der Waals surface area contributed by atoms with E-state index in [-0.39, 0.29) is 5.84 Å². The maximum atomic E-state index is 8.68. The number of benzene rings is 1. The average molecular weight is 250 g/mol. The van der Waals surface area contributed by atoms with Gasteiger partial charge in [-0.2, -0.15) is 0 Å². The van der Waals surface area contributed by atoms with Crippen LogP contribution in [0.3, 0.4) is 0 Å². The zero-order chi connectivity index (χ0) is 12.3. The zero-order valence-electron chi connectivity index (χ0n) is 9.05. The Hall–Kier alpha value is -1.94. The highest BCUT2D eigenvalue weighted by Gasteiger charge is 2.07. The smallest absolute Gasteiger partial charge is 0.186 e. The first kappa shape index (κ1) is 11.5. The lowest BCUT2D eigenvalue weighted by Crippen LogP contribution is -2.18. The molecule has 0 aliphatic heterocycles. The van der Waals surface area contributed by atoms with Crippen LogP contribution in [0.4, 0.5) is 0 Å². The fourth-order valence-electron chi connectivity index (χ4n) is 1.65. The van der Waals surface area contributed by atoms with Crippen molar-refractivity contribution >= 4 is 17.4 Å². The predicted molar refractivity (Wildman–Crippen MR) is 67.5 cm³/mol. The van der Waals surface area contributed by atoms with Crippen LogP contribution < -0.4 is 5.73 Å². The maximum absolute atomic E-state index is 8.68. The van der Waals surface area contributed by atoms with Crippen molar-refractivity contribution in [3.05, 3.63) is 58.9 Å². The van der Waals surface area contributed by atoms with E-state index in [1.54, 1.807) is 6.07 Å². The third-order valence-corrected chi connectivity index (χ3v) is 2.87. The van der Waals surface area contributed by atoms with Crippen molar-refractivity contribution < 1.29 is 5.21 Å². The fraction of sp³-hybridized carbons (Fsp3) is 0.0833. The highest BCUT2D eigenvalue weighted by atomic mass is 35.5. The monoisotopic (exact) mass is 249 g/mol. The van der Waals surface area contributed by atoms with E-state index in [1.807, 2.05) is 41.1 Å². The molecular weight excluding hydrogens is 238 g/mol. The fourth-order valence-corrected chi connectivity index (χ4v) is 1.84. The number of halogens is 1. The standard InChI is InChI=1S/C12H12ClN3O/c13-10-5-2-1-4-9(10)8-16-7-3-6-11(16)12(14)15-17/h1-7,17H,8H2,(H2,14,15). The lowest BCUT2D eigenvalue weighted by atomic mass is 10.2. The van der Waals surface area contributed by atoms with Gasteiger partial charge in [0.2, 0.25) is 0 Å². The molecule has 0 radical (unpaired) electrons. The Morgan fingerprint density at radius 3 is 2.76 bits per heavy atom. The number of aromatic nitrogens is 1. The molecule has 2 rings (SSSR count). The van der Waals surface area contributed by atoms with Gasteiger partial charge in [-0.25, -0.2) is 0 Å². The summed E-state index contributed by atoms with van der Waals surface area (Å²) in [6, 6.07) is 11.2. The van der Waals surface area contributed by atoms with E-state index in [1.165, 1.54) is 0 Å². The normalized spacial score (nSPS) is 11.7. The van der Waals surface area contributed by atoms with Gasteiger partial charge < -0.3 is 15.5 Å². The summed E-state index contributed by atoms with van der Waals surface area (Å²) in [5.74, 6) is 0.0852. The van der Waals surface area contributed by atoms with Crippen LogP contribution in [-0.2, 0) is 6.54 Å². The van der Waals surface area contributed by atoms with E-state index in [4.69, 9.17) is 22.5 Å². The van der Waals surface area contributed by atoms with Gasteiger partial charge in [-0.1, -0.05) is 35.0 Å². The van der Waals surface area contributed by atoms with Crippen LogP contribution in [0.15, 0.2) is 47.8 Å². The second-order valence-corrected chi connectivity index (χ2v) is 4.01. The second-order valence-electron chi connectivity index (χ2n) is 3.60. The van der Waals surface area contributed by atoms with Crippen molar-refractivity contribution in [2.24, 2.45) is 10.9 Å². The van der Waals surface area contributed by atoms with Crippen LogP contribution in [-0.4, -0.2) is 15.6 Å². The first-order valence-electron chi connectivity index (χ1n) is 5.09. The van der Waals surface area contributed by atoms with E-state index < -0.39 is 0 Å². The molecule has 0 saturated heterocycles. The summed E-state index contributed by atoms with van der Waals surface area (Å²) >= 11 is 6.08. The Balaban J connectivity index is 2.32. The van der Waals surface area contributed by atoms with Gasteiger partial charge in [-0.3, -0.25) is 0 Å². The number of oxime groups is 1. The largest absolute Gasteiger partial charge is 0.409 e. The van der Waals surface area contributed by atoms with Gasteiger partial charge in [0.25, 0.3) is 0 Å². The molecule has 17 heavy (non-hydrogen) atoms. The van der Waals surface area contributed by atoms with Gasteiger partial charge in [0.05, 0.1) is 5.69 Å². The van der Waals surface area contributed by atoms with E-state index in [2.05, 4.69) is 5.16 Å². The Kier molecular flexibility index (Phi) is 3.35. The molecule has 2 aromatic rings. The van der Waals surface area contributed by atoms with E-state index in [0.717, 1.165) is 5.56 Å². The Morgan fingerprint density at radius 2 is 2.06 bits per heavy atom. The van der Waals surface area contributed by atoms with E-state index in [0.29, 0.717) is 17.3 Å². The van der Waals surface area contributed by atoms with Gasteiger partial charge in [0, 0.05) is 17.8 Å². The van der Waals surface area contributed by atoms with Crippen LogP contribution in [0.5, 0.6) is 0 Å². The summed E-state index contributed by atoms with van der Waals surface area (Å²) in [5.41, 5.74) is 7.22. The number of amidine groups is 1. The lowest BCUT2D eigenvalue weighted by Gasteiger charge is -2.09. The second kappa shape index (κ2) is 4.93. The minimum atomic E-state index is 0.0852. The average Bonchev–Trinajstić information content (AvgIpc) is 2.79. The minimum absolute atomic E-state index is 0.0852. The molecule has 1 aromatic carbocycles. The van der Waals surface area contributed by atoms with Crippen molar-refractivity contribution in [2.45, 2.75) is 6.54 Å². The molecule has 0 saturated carbocycles. The van der Waals surface area contributed by atoms with Crippen molar-refractivity contribution in [1.82, 2.24) is 4.57 Å². The van der Waals surface area contributed by atoms with Crippen molar-refractivity contribution in [3.63, 3.8) is 0 Å². The molecule has 0 spiro atoms. The van der Waals surface area contributed by atoms with Gasteiger partial charge in [-0.15, -0.1) is 0 Å². The Labute approximate surface area is 104 Å². The molecular formula is C12H12ClN3O. The molecule has 0 aliphatic carbocycles. The van der Waals surface area contributed by atoms with Gasteiger partial charge >= 0.3 is 0 Å². The minimum Gasteiger partial charge on any atom is -0.409 e. The van der Waals surface area contributed by atoms with Gasteiger partial charge in [0.15, 0.2) is 5.84 Å². The topological polar surface area (TPSA) is 63.5 Å². The molecule has 0 amide bonds. The van der Waals surface area contributed by atoms with Crippen molar-refractivity contribution in [1.29, 1.82) is 0 Å². The molecule has 3 N–H and O–H groups in total. The summed E-state index contributed by atoms with van der Waals surface area (Å²) in [5, 5.41) is 12.4. The third-order valence-electron chi connectivity index (χ3n) is 2.50. The molecule has 4 nitrogen and oxygen atoms in total. The number of nitrogens with two attached hydrogens (primary N) is 1. The number of rotatable bonds is 3. The zero-order valence-corrected chi connectivity index (χ0v) is 9.80. The lowest BCUT2D eigenvalue weighted by molar-refractivity contribution is 0.318. The molecule has 0 bridgehead atoms. The van der Waals surface area contributed by atoms with Crippen molar-refractivity contribution in [2.75, 3.05) is 0 Å². The van der Waals surface area contributed by atoms with Crippen LogP contribution in [0, 0.1) is 0 Å². The highest BCUT2D eigenvalue weighted by molar-refractivity contribution is 6.31. The van der Waals surface area contributed by atoms with Crippen LogP contribution >= 0.6 is 11.6 Å². The molecule has 0 fully saturated rings. The quantitative estimate of drug-likeness (QED) is 0.379. The predicted octanol–water partition coefficient (Wildman–Crippen LogP) is 2.28. The van der Waals surface area contributed by atoms with E-state index >= 15 is 0 Å². The Morgan fingerprint density at radius 1 is 1.29 bits per heavy atom. The molecule has 5 heteroatoms. The molecule has 0 unspecified atom stereocenters. The SMILES string of the molecule is N/C(=N/O)c1cccn1Cc1ccccc1Cl. The molecule has 0 atom stereocenters. The summed E-state index contributed by atoms with van der Waals surface area (Å²) in [6.07, 6.45) is 1.86. The highest BCUT2D eigenvalue weighted by Crippen LogP contribution is 2.17. The number of hydrogen-bond acceptors (Lipinski definition) is 2. The summed E-state index contributed by atoms with van der Waals surface area (Å²) in [7, 11) is 0. The molecule has 1 heterocycles. The van der Waals surface area contributed by atoms with Gasteiger partial charge in [0.1, 0.15) is 0 Å². The first-order chi connectivity index (χ1) is 8.22.